The fourth-order valence-electron chi connectivity index (χ4n) is 1.86. The van der Waals surface area contributed by atoms with Gasteiger partial charge in [0, 0.05) is 10.7 Å². The fourth-order valence-corrected chi connectivity index (χ4v) is 2.23. The van der Waals surface area contributed by atoms with Gasteiger partial charge in [-0.1, -0.05) is 29.8 Å². The topological polar surface area (TPSA) is 22.1 Å². The lowest BCUT2D eigenvalue weighted by Crippen LogP contribution is -2.08. The van der Waals surface area contributed by atoms with Gasteiger partial charge in [-0.3, -0.25) is 0 Å². The second-order valence-corrected chi connectivity index (χ2v) is 5.71. The molecule has 0 aliphatic rings. The number of rotatable bonds is 3. The number of benzene rings is 1. The van der Waals surface area contributed by atoms with Crippen molar-refractivity contribution in [3.63, 3.8) is 0 Å². The van der Waals surface area contributed by atoms with Crippen molar-refractivity contribution in [2.45, 2.75) is 25.9 Å². The molecule has 0 N–H and O–H groups in total. The molecule has 2 rings (SSSR count). The minimum atomic E-state index is -4.50. The molecule has 2 aromatic rings. The molecule has 1 aromatic carbocycles. The van der Waals surface area contributed by atoms with Crippen molar-refractivity contribution < 1.29 is 17.9 Å². The van der Waals surface area contributed by atoms with Gasteiger partial charge in [0.05, 0.1) is 0 Å². The first-order chi connectivity index (χ1) is 9.79. The molecule has 0 saturated heterocycles. The van der Waals surface area contributed by atoms with Crippen molar-refractivity contribution in [3.8, 4) is 11.6 Å². The molecular weight excluding hydrogens is 347 g/mol. The Morgan fingerprint density at radius 1 is 1.19 bits per heavy atom. The van der Waals surface area contributed by atoms with Crippen molar-refractivity contribution >= 4 is 15.9 Å². The van der Waals surface area contributed by atoms with Gasteiger partial charge >= 0.3 is 6.18 Å². The maximum absolute atomic E-state index is 12.9. The van der Waals surface area contributed by atoms with Crippen LogP contribution in [0.25, 0.3) is 0 Å². The van der Waals surface area contributed by atoms with E-state index in [1.54, 1.807) is 12.1 Å². The Bertz CT molecular complexity index is 641. The van der Waals surface area contributed by atoms with Crippen LogP contribution in [0.15, 0.2) is 41.0 Å². The molecule has 1 heterocycles. The highest BCUT2D eigenvalue weighted by Crippen LogP contribution is 2.38. The first-order valence-corrected chi connectivity index (χ1v) is 7.08. The Labute approximate surface area is 129 Å². The minimum Gasteiger partial charge on any atom is -0.438 e. The van der Waals surface area contributed by atoms with Gasteiger partial charge in [-0.05, 0) is 41.8 Å². The SMILES string of the molecule is CC(C)c1cc(Br)ccc1Oc1ncccc1C(F)(F)F. The molecule has 112 valence electrons. The maximum Gasteiger partial charge on any atom is 0.421 e. The lowest BCUT2D eigenvalue weighted by molar-refractivity contribution is -0.138. The van der Waals surface area contributed by atoms with Gasteiger partial charge in [0.2, 0.25) is 5.88 Å². The van der Waals surface area contributed by atoms with Crippen LogP contribution in [0.3, 0.4) is 0 Å². The third kappa shape index (κ3) is 3.75. The summed E-state index contributed by atoms with van der Waals surface area (Å²) in [7, 11) is 0. The Hall–Kier alpha value is -1.56. The van der Waals surface area contributed by atoms with Gasteiger partial charge in [0.15, 0.2) is 0 Å². The predicted octanol–water partition coefficient (Wildman–Crippen LogP) is 5.78. The van der Waals surface area contributed by atoms with E-state index in [0.717, 1.165) is 16.1 Å². The van der Waals surface area contributed by atoms with Gasteiger partial charge < -0.3 is 4.74 Å². The van der Waals surface area contributed by atoms with Crippen LogP contribution in [0.4, 0.5) is 13.2 Å². The minimum absolute atomic E-state index is 0.107. The van der Waals surface area contributed by atoms with E-state index in [-0.39, 0.29) is 5.92 Å². The second kappa shape index (κ2) is 6.05. The highest BCUT2D eigenvalue weighted by Gasteiger charge is 2.35. The van der Waals surface area contributed by atoms with Gasteiger partial charge in [-0.2, -0.15) is 13.2 Å². The highest BCUT2D eigenvalue weighted by molar-refractivity contribution is 9.10. The molecule has 2 nitrogen and oxygen atoms in total. The number of nitrogens with zero attached hydrogens (tertiary/aromatic N) is 1. The van der Waals surface area contributed by atoms with E-state index in [0.29, 0.717) is 5.75 Å². The van der Waals surface area contributed by atoms with E-state index in [2.05, 4.69) is 20.9 Å². The Kier molecular flexibility index (Phi) is 4.56. The lowest BCUT2D eigenvalue weighted by Gasteiger charge is -2.16. The molecule has 0 atom stereocenters. The van der Waals surface area contributed by atoms with E-state index in [4.69, 9.17) is 4.74 Å². The monoisotopic (exact) mass is 359 g/mol. The van der Waals surface area contributed by atoms with Crippen LogP contribution in [0.5, 0.6) is 11.6 Å². The zero-order valence-electron chi connectivity index (χ0n) is 11.4. The largest absolute Gasteiger partial charge is 0.438 e. The highest BCUT2D eigenvalue weighted by atomic mass is 79.9. The van der Waals surface area contributed by atoms with Crippen molar-refractivity contribution in [3.05, 3.63) is 52.1 Å². The fraction of sp³-hybridized carbons (Fsp3) is 0.267. The number of ether oxygens (including phenoxy) is 1. The molecule has 6 heteroatoms. The van der Waals surface area contributed by atoms with Crippen molar-refractivity contribution in [1.82, 2.24) is 4.98 Å². The molecule has 0 amide bonds. The summed E-state index contributed by atoms with van der Waals surface area (Å²) in [5.41, 5.74) is -0.0780. The first-order valence-electron chi connectivity index (χ1n) is 6.28. The summed E-state index contributed by atoms with van der Waals surface area (Å²) in [5.74, 6) is 0.0437. The van der Waals surface area contributed by atoms with E-state index < -0.39 is 17.6 Å². The average molecular weight is 360 g/mol. The van der Waals surface area contributed by atoms with E-state index in [1.165, 1.54) is 12.3 Å². The first kappa shape index (κ1) is 15.8. The number of pyridine rings is 1. The number of hydrogen-bond donors (Lipinski definition) is 0. The van der Waals surface area contributed by atoms with Crippen LogP contribution >= 0.6 is 15.9 Å². The van der Waals surface area contributed by atoms with Gasteiger partial charge in [0.25, 0.3) is 0 Å². The van der Waals surface area contributed by atoms with Crippen LogP contribution in [0.2, 0.25) is 0 Å². The van der Waals surface area contributed by atoms with Crippen LogP contribution < -0.4 is 4.74 Å². The Morgan fingerprint density at radius 3 is 2.52 bits per heavy atom. The van der Waals surface area contributed by atoms with Crippen LogP contribution in [-0.2, 0) is 6.18 Å². The van der Waals surface area contributed by atoms with Crippen molar-refractivity contribution in [2.75, 3.05) is 0 Å². The van der Waals surface area contributed by atoms with Crippen LogP contribution in [0.1, 0.15) is 30.9 Å². The second-order valence-electron chi connectivity index (χ2n) is 4.79. The van der Waals surface area contributed by atoms with Gasteiger partial charge in [0.1, 0.15) is 11.3 Å². The molecule has 0 aliphatic carbocycles. The summed E-state index contributed by atoms with van der Waals surface area (Å²) >= 11 is 3.35. The normalized spacial score (nSPS) is 11.8. The molecule has 0 aliphatic heterocycles. The third-order valence-electron chi connectivity index (χ3n) is 2.88. The van der Waals surface area contributed by atoms with Crippen molar-refractivity contribution in [2.24, 2.45) is 0 Å². The zero-order chi connectivity index (χ0) is 15.6. The molecule has 0 spiro atoms. The summed E-state index contributed by atoms with van der Waals surface area (Å²) in [6.07, 6.45) is -3.23. The standard InChI is InChI=1S/C15H13BrF3NO/c1-9(2)11-8-10(16)5-6-13(11)21-14-12(15(17,18)19)4-3-7-20-14/h3-9H,1-2H3. The van der Waals surface area contributed by atoms with E-state index in [9.17, 15) is 13.2 Å². The number of aromatic nitrogens is 1. The summed E-state index contributed by atoms with van der Waals surface area (Å²) < 4.78 is 45.1. The number of alkyl halides is 3. The van der Waals surface area contributed by atoms with Gasteiger partial charge in [-0.25, -0.2) is 4.98 Å². The summed E-state index contributed by atoms with van der Waals surface area (Å²) in [4.78, 5) is 3.71. The third-order valence-corrected chi connectivity index (χ3v) is 3.37. The lowest BCUT2D eigenvalue weighted by atomic mass is 10.0. The zero-order valence-corrected chi connectivity index (χ0v) is 13.0. The summed E-state index contributed by atoms with van der Waals surface area (Å²) in [6, 6.07) is 7.37. The van der Waals surface area contributed by atoms with E-state index >= 15 is 0 Å². The molecule has 0 radical (unpaired) electrons. The summed E-state index contributed by atoms with van der Waals surface area (Å²) in [6.45, 7) is 3.88. The smallest absolute Gasteiger partial charge is 0.421 e. The summed E-state index contributed by atoms with van der Waals surface area (Å²) in [5, 5.41) is 0. The molecule has 21 heavy (non-hydrogen) atoms. The Morgan fingerprint density at radius 2 is 1.90 bits per heavy atom. The van der Waals surface area contributed by atoms with Crippen molar-refractivity contribution in [1.29, 1.82) is 0 Å². The van der Waals surface area contributed by atoms with E-state index in [1.807, 2.05) is 19.9 Å². The molecule has 1 aromatic heterocycles. The Balaban J connectivity index is 2.44. The van der Waals surface area contributed by atoms with Gasteiger partial charge in [-0.15, -0.1) is 0 Å². The van der Waals surface area contributed by atoms with Crippen LogP contribution in [-0.4, -0.2) is 4.98 Å². The number of hydrogen-bond acceptors (Lipinski definition) is 2. The molecule has 0 fully saturated rings. The van der Waals surface area contributed by atoms with Crippen LogP contribution in [0, 0.1) is 0 Å². The maximum atomic E-state index is 12.9. The molecule has 0 saturated carbocycles. The predicted molar refractivity (Wildman–Crippen MR) is 77.5 cm³/mol. The molecule has 0 bridgehead atoms. The number of halogens is 4. The average Bonchev–Trinajstić information content (AvgIpc) is 2.40. The molecular formula is C15H13BrF3NO. The quantitative estimate of drug-likeness (QED) is 0.692. The molecule has 0 unspecified atom stereocenters.